The van der Waals surface area contributed by atoms with Gasteiger partial charge >= 0.3 is 6.09 Å². The summed E-state index contributed by atoms with van der Waals surface area (Å²) in [5.74, 6) is -2.89. The van der Waals surface area contributed by atoms with Gasteiger partial charge in [0.25, 0.3) is 17.7 Å². The second kappa shape index (κ2) is 17.4. The first kappa shape index (κ1) is 35.4. The first-order valence-electron chi connectivity index (χ1n) is 14.9. The van der Waals surface area contributed by atoms with Crippen LogP contribution in [0.2, 0.25) is 0 Å². The number of imide groups is 2. The molecule has 0 aromatic heterocycles. The summed E-state index contributed by atoms with van der Waals surface area (Å²) >= 11 is 0. The van der Waals surface area contributed by atoms with E-state index in [1.807, 2.05) is 0 Å². The molecule has 0 bridgehead atoms. The highest BCUT2D eigenvalue weighted by molar-refractivity contribution is 6.24. The number of hydrogen-bond donors (Lipinski definition) is 3. The Bertz CT molecular complexity index is 1230. The van der Waals surface area contributed by atoms with Crippen LogP contribution in [0.25, 0.3) is 0 Å². The number of nitrogens with zero attached hydrogens (tertiary/aromatic N) is 1. The van der Waals surface area contributed by atoms with E-state index in [9.17, 15) is 28.8 Å². The van der Waals surface area contributed by atoms with E-state index in [4.69, 9.17) is 23.7 Å². The van der Waals surface area contributed by atoms with Gasteiger partial charge in [-0.1, -0.05) is 6.07 Å². The minimum absolute atomic E-state index is 0.0158. The minimum Gasteiger partial charge on any atom is -0.483 e. The number of alkyl carbamates (subject to hydrolysis) is 1. The molecule has 2 aliphatic heterocycles. The number of carbonyl (C=O) groups excluding carboxylic acids is 6. The van der Waals surface area contributed by atoms with Crippen molar-refractivity contribution >= 4 is 35.6 Å². The quantitative estimate of drug-likeness (QED) is 0.154. The number of fused-ring (bicyclic) bond motifs is 1. The van der Waals surface area contributed by atoms with Crippen molar-refractivity contribution in [3.63, 3.8) is 0 Å². The molecule has 1 unspecified atom stereocenters. The third-order valence-corrected chi connectivity index (χ3v) is 6.45. The van der Waals surface area contributed by atoms with E-state index < -0.39 is 47.3 Å². The number of nitrogens with one attached hydrogen (secondary N) is 3. The van der Waals surface area contributed by atoms with Gasteiger partial charge in [-0.05, 0) is 52.2 Å². The Morgan fingerprint density at radius 1 is 0.889 bits per heavy atom. The minimum atomic E-state index is -1.09. The Hall–Kier alpha value is -4.08. The molecule has 1 aromatic rings. The fraction of sp³-hybridized carbons (Fsp3) is 0.600. The van der Waals surface area contributed by atoms with Gasteiger partial charge in [-0.2, -0.15) is 0 Å². The third-order valence-electron chi connectivity index (χ3n) is 6.45. The molecule has 1 saturated heterocycles. The smallest absolute Gasteiger partial charge is 0.407 e. The topological polar surface area (TPSA) is 188 Å². The number of piperidine rings is 1. The van der Waals surface area contributed by atoms with E-state index in [1.54, 1.807) is 20.8 Å². The third kappa shape index (κ3) is 11.4. The summed E-state index contributed by atoms with van der Waals surface area (Å²) < 4.78 is 27.1. The molecule has 0 radical (unpaired) electrons. The average molecular weight is 635 g/mol. The molecular weight excluding hydrogens is 592 g/mol. The van der Waals surface area contributed by atoms with Crippen LogP contribution in [-0.2, 0) is 33.3 Å². The molecule has 248 valence electrons. The molecule has 0 spiro atoms. The van der Waals surface area contributed by atoms with Gasteiger partial charge in [0.15, 0.2) is 6.61 Å². The zero-order valence-corrected chi connectivity index (χ0v) is 25.9. The molecule has 3 N–H and O–H groups in total. The van der Waals surface area contributed by atoms with Gasteiger partial charge in [0.05, 0.1) is 37.6 Å². The molecule has 0 saturated carbocycles. The van der Waals surface area contributed by atoms with Crippen LogP contribution in [-0.4, -0.2) is 112 Å². The molecule has 2 heterocycles. The van der Waals surface area contributed by atoms with Crippen molar-refractivity contribution in [1.29, 1.82) is 0 Å². The number of hydrogen-bond acceptors (Lipinski definition) is 11. The van der Waals surface area contributed by atoms with Gasteiger partial charge in [-0.3, -0.25) is 34.2 Å². The van der Waals surface area contributed by atoms with Gasteiger partial charge in [0.2, 0.25) is 11.8 Å². The highest BCUT2D eigenvalue weighted by Crippen LogP contribution is 2.33. The predicted molar refractivity (Wildman–Crippen MR) is 158 cm³/mol. The lowest BCUT2D eigenvalue weighted by Gasteiger charge is -2.27. The zero-order chi connectivity index (χ0) is 32.8. The fourth-order valence-electron chi connectivity index (χ4n) is 4.42. The van der Waals surface area contributed by atoms with Crippen LogP contribution in [0.3, 0.4) is 0 Å². The summed E-state index contributed by atoms with van der Waals surface area (Å²) in [5, 5.41) is 7.51. The van der Waals surface area contributed by atoms with Crippen molar-refractivity contribution < 1.29 is 52.5 Å². The first-order valence-corrected chi connectivity index (χ1v) is 14.9. The standard InChI is InChI=1S/C30H42N4O11/c1-30(2,3)45-29(40)32-12-6-14-42-16-18-43-17-15-41-13-5-11-31-24(36)19-44-22-8-4-7-20-25(22)28(39)34(27(20)38)21-9-10-23(35)33-26(21)37/h4,7-8,21H,5-6,9-19H2,1-3H3,(H,31,36)(H,32,40)(H,33,35,37). The van der Waals surface area contributed by atoms with E-state index in [1.165, 1.54) is 18.2 Å². The number of benzene rings is 1. The lowest BCUT2D eigenvalue weighted by Crippen LogP contribution is -2.54. The molecule has 15 heteroatoms. The van der Waals surface area contributed by atoms with Crippen molar-refractivity contribution in [3.05, 3.63) is 29.3 Å². The van der Waals surface area contributed by atoms with Gasteiger partial charge in [0, 0.05) is 32.7 Å². The number of carbonyl (C=O) groups is 6. The van der Waals surface area contributed by atoms with Crippen molar-refractivity contribution in [2.24, 2.45) is 0 Å². The number of rotatable bonds is 18. The summed E-state index contributed by atoms with van der Waals surface area (Å²) in [6.45, 7) is 8.35. The van der Waals surface area contributed by atoms with Crippen LogP contribution in [0.4, 0.5) is 4.79 Å². The van der Waals surface area contributed by atoms with Gasteiger partial charge < -0.3 is 34.3 Å². The van der Waals surface area contributed by atoms with Crippen LogP contribution in [0.15, 0.2) is 18.2 Å². The number of amides is 6. The molecule has 1 aromatic carbocycles. The van der Waals surface area contributed by atoms with E-state index in [0.717, 1.165) is 4.90 Å². The van der Waals surface area contributed by atoms with Crippen LogP contribution in [0.5, 0.6) is 5.75 Å². The molecular formula is C30H42N4O11. The van der Waals surface area contributed by atoms with E-state index in [2.05, 4.69) is 16.0 Å². The predicted octanol–water partition coefficient (Wildman–Crippen LogP) is 0.938. The highest BCUT2D eigenvalue weighted by atomic mass is 16.6. The SMILES string of the molecule is CC(C)(C)OC(=O)NCCCOCCOCCOCCCNC(=O)COc1cccc2c1C(=O)N(C1CCC(=O)NC1=O)C2=O. The van der Waals surface area contributed by atoms with Gasteiger partial charge in [-0.15, -0.1) is 0 Å². The normalized spacial score (nSPS) is 16.3. The second-order valence-electron chi connectivity index (χ2n) is 11.2. The molecule has 45 heavy (non-hydrogen) atoms. The van der Waals surface area contributed by atoms with Crippen molar-refractivity contribution in [2.45, 2.75) is 58.1 Å². The summed E-state index contributed by atoms with van der Waals surface area (Å²) in [6.07, 6.45) is 0.822. The maximum Gasteiger partial charge on any atom is 0.407 e. The summed E-state index contributed by atoms with van der Waals surface area (Å²) in [4.78, 5) is 74.3. The Kier molecular flexibility index (Phi) is 13.7. The second-order valence-corrected chi connectivity index (χ2v) is 11.2. The van der Waals surface area contributed by atoms with Crippen LogP contribution in [0, 0.1) is 0 Å². The van der Waals surface area contributed by atoms with Gasteiger partial charge in [0.1, 0.15) is 17.4 Å². The lowest BCUT2D eigenvalue weighted by atomic mass is 10.0. The average Bonchev–Trinajstić information content (AvgIpc) is 3.22. The van der Waals surface area contributed by atoms with E-state index >= 15 is 0 Å². The van der Waals surface area contributed by atoms with Gasteiger partial charge in [-0.25, -0.2) is 4.79 Å². The maximum absolute atomic E-state index is 13.1. The number of ether oxygens (including phenoxy) is 5. The van der Waals surface area contributed by atoms with E-state index in [-0.39, 0.29) is 36.3 Å². The first-order chi connectivity index (χ1) is 21.5. The van der Waals surface area contributed by atoms with Crippen LogP contribution < -0.4 is 20.7 Å². The van der Waals surface area contributed by atoms with Crippen molar-refractivity contribution in [1.82, 2.24) is 20.9 Å². The lowest BCUT2D eigenvalue weighted by molar-refractivity contribution is -0.136. The molecule has 1 atom stereocenters. The molecule has 6 amide bonds. The van der Waals surface area contributed by atoms with Crippen molar-refractivity contribution in [3.8, 4) is 5.75 Å². The summed E-state index contributed by atoms with van der Waals surface area (Å²) in [5.41, 5.74) is -0.475. The monoisotopic (exact) mass is 634 g/mol. The largest absolute Gasteiger partial charge is 0.483 e. The summed E-state index contributed by atoms with van der Waals surface area (Å²) in [6, 6.07) is 3.35. The van der Waals surface area contributed by atoms with Crippen LogP contribution >= 0.6 is 0 Å². The Labute approximate surface area is 261 Å². The maximum atomic E-state index is 13.1. The van der Waals surface area contributed by atoms with Crippen LogP contribution in [0.1, 0.15) is 67.2 Å². The van der Waals surface area contributed by atoms with E-state index in [0.29, 0.717) is 65.6 Å². The molecule has 2 aliphatic rings. The molecule has 0 aliphatic carbocycles. The molecule has 3 rings (SSSR count). The fourth-order valence-corrected chi connectivity index (χ4v) is 4.42. The Balaban J connectivity index is 1.20. The summed E-state index contributed by atoms with van der Waals surface area (Å²) in [7, 11) is 0. The molecule has 15 nitrogen and oxygen atoms in total. The van der Waals surface area contributed by atoms with Crippen molar-refractivity contribution in [2.75, 3.05) is 59.3 Å². The molecule has 1 fully saturated rings. The highest BCUT2D eigenvalue weighted by Gasteiger charge is 2.46. The Morgan fingerprint density at radius 2 is 1.51 bits per heavy atom. The Morgan fingerprint density at radius 3 is 2.13 bits per heavy atom. The zero-order valence-electron chi connectivity index (χ0n) is 25.9.